The Morgan fingerprint density at radius 1 is 1.31 bits per heavy atom. The van der Waals surface area contributed by atoms with Gasteiger partial charge in [0.25, 0.3) is 0 Å². The van der Waals surface area contributed by atoms with Crippen molar-refractivity contribution in [3.8, 4) is 0 Å². The average Bonchev–Trinajstić information content (AvgIpc) is 2.98. The second-order valence-electron chi connectivity index (χ2n) is 5.80. The lowest BCUT2D eigenvalue weighted by molar-refractivity contribution is -0.143. The maximum Gasteiger partial charge on any atom is 0.324 e. The Morgan fingerprint density at radius 2 is 1.75 bits per heavy atom. The molecule has 0 aromatic rings. The topological polar surface area (TPSA) is 66.6 Å². The van der Waals surface area contributed by atoms with E-state index >= 15 is 0 Å². The Hall–Kier alpha value is -0.610. The minimum atomic E-state index is -1.11. The van der Waals surface area contributed by atoms with Crippen molar-refractivity contribution in [3.05, 3.63) is 0 Å². The molecule has 0 bridgehead atoms. The Kier molecular flexibility index (Phi) is 3.22. The molecule has 0 heterocycles. The number of hydrogen-bond donors (Lipinski definition) is 2. The summed E-state index contributed by atoms with van der Waals surface area (Å²) in [6.45, 7) is 4.17. The molecule has 1 unspecified atom stereocenters. The Balaban J connectivity index is 1.85. The first-order chi connectivity index (χ1) is 7.47. The molecular formula is C12H22N2O2. The van der Waals surface area contributed by atoms with Crippen molar-refractivity contribution in [2.75, 3.05) is 19.6 Å². The van der Waals surface area contributed by atoms with Crippen LogP contribution in [0.1, 0.15) is 32.6 Å². The summed E-state index contributed by atoms with van der Waals surface area (Å²) < 4.78 is 0. The fraction of sp³-hybridized carbons (Fsp3) is 0.917. The number of carbonyl (C=O) groups is 1. The Labute approximate surface area is 96.8 Å². The maximum atomic E-state index is 11.0. The molecule has 2 saturated carbocycles. The first-order valence-corrected chi connectivity index (χ1v) is 6.22. The molecule has 4 nitrogen and oxygen atoms in total. The Morgan fingerprint density at radius 3 is 2.06 bits per heavy atom. The van der Waals surface area contributed by atoms with Crippen LogP contribution < -0.4 is 5.73 Å². The molecule has 1 atom stereocenters. The molecule has 0 spiro atoms. The van der Waals surface area contributed by atoms with Gasteiger partial charge < -0.3 is 15.7 Å². The Bertz CT molecular complexity index is 256. The SMILES string of the molecule is CC(N)(CN(CC1CC1)CC1CC1)C(=O)O. The quantitative estimate of drug-likeness (QED) is 0.677. The molecule has 4 heteroatoms. The summed E-state index contributed by atoms with van der Waals surface area (Å²) in [5.41, 5.74) is 4.70. The lowest BCUT2D eigenvalue weighted by Crippen LogP contribution is -2.54. The summed E-state index contributed by atoms with van der Waals surface area (Å²) in [5, 5.41) is 9.04. The number of carboxylic acid groups (broad SMARTS) is 1. The van der Waals surface area contributed by atoms with Crippen LogP contribution in [0.3, 0.4) is 0 Å². The van der Waals surface area contributed by atoms with Crippen LogP contribution in [0, 0.1) is 11.8 Å². The second-order valence-corrected chi connectivity index (χ2v) is 5.80. The maximum absolute atomic E-state index is 11.0. The largest absolute Gasteiger partial charge is 0.480 e. The number of nitrogens with two attached hydrogens (primary N) is 1. The van der Waals surface area contributed by atoms with Crippen LogP contribution in [0.4, 0.5) is 0 Å². The summed E-state index contributed by atoms with van der Waals surface area (Å²) in [4.78, 5) is 13.3. The monoisotopic (exact) mass is 226 g/mol. The third-order valence-electron chi connectivity index (χ3n) is 3.47. The van der Waals surface area contributed by atoms with E-state index in [0.717, 1.165) is 24.9 Å². The number of carboxylic acids is 1. The predicted octanol–water partition coefficient (Wildman–Crippen LogP) is 0.910. The standard InChI is InChI=1S/C12H22N2O2/c1-12(13,11(15)16)8-14(6-9-2-3-9)7-10-4-5-10/h9-10H,2-8,13H2,1H3,(H,15,16). The van der Waals surface area contributed by atoms with Gasteiger partial charge in [0.1, 0.15) is 5.54 Å². The number of aliphatic carboxylic acids is 1. The molecule has 2 rings (SSSR count). The number of nitrogens with zero attached hydrogens (tertiary/aromatic N) is 1. The third-order valence-corrected chi connectivity index (χ3v) is 3.47. The molecule has 2 aliphatic rings. The highest BCUT2D eigenvalue weighted by Crippen LogP contribution is 2.34. The summed E-state index contributed by atoms with van der Waals surface area (Å²) in [6.07, 6.45) is 5.20. The van der Waals surface area contributed by atoms with E-state index in [9.17, 15) is 4.79 Å². The van der Waals surface area contributed by atoms with E-state index in [2.05, 4.69) is 4.90 Å². The van der Waals surface area contributed by atoms with Gasteiger partial charge in [-0.15, -0.1) is 0 Å². The zero-order valence-corrected chi connectivity index (χ0v) is 9.98. The molecule has 16 heavy (non-hydrogen) atoms. The lowest BCUT2D eigenvalue weighted by atomic mass is 10.0. The highest BCUT2D eigenvalue weighted by Gasteiger charge is 2.35. The first kappa shape index (κ1) is 11.9. The minimum Gasteiger partial charge on any atom is -0.480 e. The van der Waals surface area contributed by atoms with Gasteiger partial charge in [-0.2, -0.15) is 0 Å². The van der Waals surface area contributed by atoms with E-state index in [1.165, 1.54) is 25.7 Å². The van der Waals surface area contributed by atoms with Crippen molar-refractivity contribution in [1.82, 2.24) is 4.90 Å². The fourth-order valence-electron chi connectivity index (χ4n) is 2.07. The first-order valence-electron chi connectivity index (χ1n) is 6.22. The summed E-state index contributed by atoms with van der Waals surface area (Å²) in [5.74, 6) is 0.691. The van der Waals surface area contributed by atoms with Crippen LogP contribution in [-0.2, 0) is 4.79 Å². The molecule has 3 N–H and O–H groups in total. The van der Waals surface area contributed by atoms with E-state index in [4.69, 9.17) is 10.8 Å². The van der Waals surface area contributed by atoms with E-state index in [0.29, 0.717) is 6.54 Å². The van der Waals surface area contributed by atoms with Crippen molar-refractivity contribution in [1.29, 1.82) is 0 Å². The molecule has 92 valence electrons. The van der Waals surface area contributed by atoms with Gasteiger partial charge in [-0.3, -0.25) is 4.79 Å². The molecule has 0 amide bonds. The van der Waals surface area contributed by atoms with Crippen LogP contribution in [0.2, 0.25) is 0 Å². The molecular weight excluding hydrogens is 204 g/mol. The van der Waals surface area contributed by atoms with Crippen LogP contribution in [0.5, 0.6) is 0 Å². The summed E-state index contributed by atoms with van der Waals surface area (Å²) in [7, 11) is 0. The highest BCUT2D eigenvalue weighted by atomic mass is 16.4. The van der Waals surface area contributed by atoms with E-state index in [1.807, 2.05) is 0 Å². The average molecular weight is 226 g/mol. The van der Waals surface area contributed by atoms with Gasteiger partial charge in [-0.25, -0.2) is 0 Å². The summed E-state index contributed by atoms with van der Waals surface area (Å²) >= 11 is 0. The lowest BCUT2D eigenvalue weighted by Gasteiger charge is -2.29. The molecule has 0 radical (unpaired) electrons. The van der Waals surface area contributed by atoms with Gasteiger partial charge in [0.15, 0.2) is 0 Å². The predicted molar refractivity (Wildman–Crippen MR) is 62.1 cm³/mol. The third kappa shape index (κ3) is 3.46. The molecule has 0 aromatic carbocycles. The van der Waals surface area contributed by atoms with Gasteiger partial charge in [-0.05, 0) is 44.4 Å². The van der Waals surface area contributed by atoms with Gasteiger partial charge >= 0.3 is 5.97 Å². The number of rotatable bonds is 7. The smallest absolute Gasteiger partial charge is 0.324 e. The van der Waals surface area contributed by atoms with E-state index in [1.54, 1.807) is 6.92 Å². The number of hydrogen-bond acceptors (Lipinski definition) is 3. The fourth-order valence-corrected chi connectivity index (χ4v) is 2.07. The van der Waals surface area contributed by atoms with Gasteiger partial charge in [0.05, 0.1) is 0 Å². The van der Waals surface area contributed by atoms with Crippen LogP contribution in [0.25, 0.3) is 0 Å². The van der Waals surface area contributed by atoms with Crippen molar-refractivity contribution < 1.29 is 9.90 Å². The second kappa shape index (κ2) is 4.34. The van der Waals surface area contributed by atoms with Crippen LogP contribution >= 0.6 is 0 Å². The zero-order chi connectivity index (χ0) is 11.8. The van der Waals surface area contributed by atoms with Crippen LogP contribution in [0.15, 0.2) is 0 Å². The highest BCUT2D eigenvalue weighted by molar-refractivity contribution is 5.78. The van der Waals surface area contributed by atoms with Gasteiger partial charge in [0.2, 0.25) is 0 Å². The molecule has 0 saturated heterocycles. The minimum absolute atomic E-state index is 0.481. The van der Waals surface area contributed by atoms with E-state index in [-0.39, 0.29) is 0 Å². The zero-order valence-electron chi connectivity index (χ0n) is 9.98. The van der Waals surface area contributed by atoms with Crippen molar-refractivity contribution in [3.63, 3.8) is 0 Å². The molecule has 2 fully saturated rings. The molecule has 2 aliphatic carbocycles. The van der Waals surface area contributed by atoms with Crippen molar-refractivity contribution in [2.24, 2.45) is 17.6 Å². The van der Waals surface area contributed by atoms with Gasteiger partial charge in [0, 0.05) is 19.6 Å². The van der Waals surface area contributed by atoms with E-state index < -0.39 is 11.5 Å². The van der Waals surface area contributed by atoms with Gasteiger partial charge in [-0.1, -0.05) is 0 Å². The van der Waals surface area contributed by atoms with Crippen molar-refractivity contribution >= 4 is 5.97 Å². The molecule has 0 aromatic heterocycles. The van der Waals surface area contributed by atoms with Crippen LogP contribution in [-0.4, -0.2) is 41.1 Å². The van der Waals surface area contributed by atoms with Crippen molar-refractivity contribution in [2.45, 2.75) is 38.1 Å². The molecule has 0 aliphatic heterocycles. The summed E-state index contributed by atoms with van der Waals surface area (Å²) in [6, 6.07) is 0. The normalized spacial score (nSPS) is 24.4.